The predicted molar refractivity (Wildman–Crippen MR) is 57.6 cm³/mol. The Hall–Kier alpha value is -1.35. The molecule has 1 aromatic carbocycles. The number of ether oxygens (including phenoxy) is 1. The van der Waals surface area contributed by atoms with Crippen molar-refractivity contribution in [3.05, 3.63) is 35.9 Å². The number of benzene rings is 1. The summed E-state index contributed by atoms with van der Waals surface area (Å²) in [5.74, 6) is 0.128. The Morgan fingerprint density at radius 1 is 1.47 bits per heavy atom. The van der Waals surface area contributed by atoms with E-state index < -0.39 is 0 Å². The molecule has 0 aromatic heterocycles. The molecule has 1 aliphatic heterocycles. The van der Waals surface area contributed by atoms with E-state index in [1.807, 2.05) is 25.1 Å². The number of nitrogens with one attached hydrogen (secondary N) is 1. The monoisotopic (exact) mass is 205 g/mol. The van der Waals surface area contributed by atoms with Crippen LogP contribution >= 0.6 is 0 Å². The van der Waals surface area contributed by atoms with Gasteiger partial charge in [-0.25, -0.2) is 0 Å². The summed E-state index contributed by atoms with van der Waals surface area (Å²) in [4.78, 5) is 11.5. The van der Waals surface area contributed by atoms with Crippen molar-refractivity contribution >= 4 is 5.97 Å². The lowest BCUT2D eigenvalue weighted by molar-refractivity contribution is -0.148. The summed E-state index contributed by atoms with van der Waals surface area (Å²) in [5.41, 5.74) is 1.20. The van der Waals surface area contributed by atoms with E-state index in [2.05, 4.69) is 17.4 Å². The molecule has 1 aliphatic rings. The molecule has 0 unspecified atom stereocenters. The standard InChI is InChI=1S/C12H15NO2/c1-2-15-12(14)11-10(8-13-11)9-6-4-3-5-7-9/h3-7,10-11,13H,2,8H2,1H3/t10-,11-/m0/s1. The second-order valence-electron chi connectivity index (χ2n) is 3.66. The van der Waals surface area contributed by atoms with E-state index in [9.17, 15) is 4.79 Å². The van der Waals surface area contributed by atoms with Crippen LogP contribution in [0, 0.1) is 0 Å². The van der Waals surface area contributed by atoms with Gasteiger partial charge in [-0.2, -0.15) is 0 Å². The Kier molecular flexibility index (Phi) is 3.02. The second kappa shape index (κ2) is 4.45. The zero-order chi connectivity index (χ0) is 10.7. The van der Waals surface area contributed by atoms with Gasteiger partial charge in [0.1, 0.15) is 6.04 Å². The Morgan fingerprint density at radius 3 is 2.73 bits per heavy atom. The first kappa shape index (κ1) is 10.2. The van der Waals surface area contributed by atoms with E-state index in [0.29, 0.717) is 6.61 Å². The first-order valence-corrected chi connectivity index (χ1v) is 5.28. The molecule has 1 N–H and O–H groups in total. The van der Waals surface area contributed by atoms with E-state index in [1.165, 1.54) is 5.56 Å². The molecule has 0 amide bonds. The van der Waals surface area contributed by atoms with Gasteiger partial charge in [0.25, 0.3) is 0 Å². The molecule has 15 heavy (non-hydrogen) atoms. The van der Waals surface area contributed by atoms with E-state index in [0.717, 1.165) is 6.54 Å². The molecule has 80 valence electrons. The van der Waals surface area contributed by atoms with Gasteiger partial charge in [0.2, 0.25) is 0 Å². The number of rotatable bonds is 3. The SMILES string of the molecule is CCOC(=O)[C@H]1NC[C@H]1c1ccccc1. The van der Waals surface area contributed by atoms with Gasteiger partial charge in [0.15, 0.2) is 0 Å². The fourth-order valence-electron chi connectivity index (χ4n) is 1.84. The molecule has 0 spiro atoms. The molecule has 0 radical (unpaired) electrons. The number of hydrogen-bond donors (Lipinski definition) is 1. The van der Waals surface area contributed by atoms with Crippen LogP contribution in [0.4, 0.5) is 0 Å². The van der Waals surface area contributed by atoms with Gasteiger partial charge in [-0.15, -0.1) is 0 Å². The number of carbonyl (C=O) groups excluding carboxylic acids is 1. The summed E-state index contributed by atoms with van der Waals surface area (Å²) in [6.07, 6.45) is 0. The highest BCUT2D eigenvalue weighted by Crippen LogP contribution is 2.26. The third-order valence-corrected chi connectivity index (χ3v) is 2.73. The normalized spacial score (nSPS) is 24.3. The zero-order valence-electron chi connectivity index (χ0n) is 8.77. The van der Waals surface area contributed by atoms with Crippen molar-refractivity contribution in [1.82, 2.24) is 5.32 Å². The van der Waals surface area contributed by atoms with Crippen LogP contribution in [0.5, 0.6) is 0 Å². The Morgan fingerprint density at radius 2 is 2.20 bits per heavy atom. The molecule has 1 aromatic rings. The minimum absolute atomic E-state index is 0.141. The molecule has 3 heteroatoms. The molecule has 2 rings (SSSR count). The first-order chi connectivity index (χ1) is 7.33. The van der Waals surface area contributed by atoms with Gasteiger partial charge < -0.3 is 10.1 Å². The van der Waals surface area contributed by atoms with Crippen LogP contribution < -0.4 is 5.32 Å². The summed E-state index contributed by atoms with van der Waals surface area (Å²) >= 11 is 0. The van der Waals surface area contributed by atoms with Gasteiger partial charge in [0, 0.05) is 12.5 Å². The highest BCUT2D eigenvalue weighted by atomic mass is 16.5. The third-order valence-electron chi connectivity index (χ3n) is 2.73. The number of hydrogen-bond acceptors (Lipinski definition) is 3. The average molecular weight is 205 g/mol. The molecule has 1 fully saturated rings. The van der Waals surface area contributed by atoms with Crippen LogP contribution in [-0.2, 0) is 9.53 Å². The summed E-state index contributed by atoms with van der Waals surface area (Å²) < 4.78 is 5.00. The fraction of sp³-hybridized carbons (Fsp3) is 0.417. The largest absolute Gasteiger partial charge is 0.465 e. The molecule has 1 heterocycles. The van der Waals surface area contributed by atoms with Crippen molar-refractivity contribution in [3.8, 4) is 0 Å². The highest BCUT2D eigenvalue weighted by Gasteiger charge is 2.37. The quantitative estimate of drug-likeness (QED) is 0.756. The summed E-state index contributed by atoms with van der Waals surface area (Å²) in [7, 11) is 0. The molecule has 0 bridgehead atoms. The van der Waals surface area contributed by atoms with Crippen molar-refractivity contribution in [3.63, 3.8) is 0 Å². The molecule has 3 nitrogen and oxygen atoms in total. The summed E-state index contributed by atoms with van der Waals surface area (Å²) in [6, 6.07) is 9.92. The Bertz CT molecular complexity index is 337. The van der Waals surface area contributed by atoms with Crippen LogP contribution in [0.3, 0.4) is 0 Å². The highest BCUT2D eigenvalue weighted by molar-refractivity contribution is 5.78. The summed E-state index contributed by atoms with van der Waals surface area (Å²) in [5, 5.41) is 3.10. The summed E-state index contributed by atoms with van der Waals surface area (Å²) in [6.45, 7) is 3.13. The predicted octanol–water partition coefficient (Wildman–Crippen LogP) is 1.31. The van der Waals surface area contributed by atoms with E-state index in [4.69, 9.17) is 4.74 Å². The maximum absolute atomic E-state index is 11.5. The molecule has 2 atom stereocenters. The topological polar surface area (TPSA) is 38.3 Å². The van der Waals surface area contributed by atoms with Crippen LogP contribution in [0.1, 0.15) is 18.4 Å². The zero-order valence-corrected chi connectivity index (χ0v) is 8.77. The maximum Gasteiger partial charge on any atom is 0.323 e. The van der Waals surface area contributed by atoms with E-state index in [1.54, 1.807) is 0 Å². The number of carbonyl (C=O) groups is 1. The van der Waals surface area contributed by atoms with Crippen molar-refractivity contribution in [2.45, 2.75) is 18.9 Å². The smallest absolute Gasteiger partial charge is 0.323 e. The van der Waals surface area contributed by atoms with Crippen molar-refractivity contribution in [2.24, 2.45) is 0 Å². The van der Waals surface area contributed by atoms with Crippen molar-refractivity contribution in [2.75, 3.05) is 13.2 Å². The molecular weight excluding hydrogens is 190 g/mol. The second-order valence-corrected chi connectivity index (χ2v) is 3.66. The number of esters is 1. The minimum Gasteiger partial charge on any atom is -0.465 e. The molecular formula is C12H15NO2. The Balaban J connectivity index is 2.03. The van der Waals surface area contributed by atoms with Crippen molar-refractivity contribution < 1.29 is 9.53 Å². The molecule has 0 aliphatic carbocycles. The fourth-order valence-corrected chi connectivity index (χ4v) is 1.84. The Labute approximate surface area is 89.4 Å². The minimum atomic E-state index is -0.160. The van der Waals surface area contributed by atoms with Crippen LogP contribution in [0.2, 0.25) is 0 Å². The van der Waals surface area contributed by atoms with E-state index >= 15 is 0 Å². The van der Waals surface area contributed by atoms with E-state index in [-0.39, 0.29) is 17.9 Å². The van der Waals surface area contributed by atoms with Gasteiger partial charge in [-0.1, -0.05) is 30.3 Å². The first-order valence-electron chi connectivity index (χ1n) is 5.28. The van der Waals surface area contributed by atoms with Crippen LogP contribution in [-0.4, -0.2) is 25.2 Å². The van der Waals surface area contributed by atoms with Gasteiger partial charge >= 0.3 is 5.97 Å². The van der Waals surface area contributed by atoms with Crippen LogP contribution in [0.15, 0.2) is 30.3 Å². The van der Waals surface area contributed by atoms with Gasteiger partial charge in [-0.3, -0.25) is 4.79 Å². The van der Waals surface area contributed by atoms with Gasteiger partial charge in [0.05, 0.1) is 6.61 Å². The average Bonchev–Trinajstić information content (AvgIpc) is 2.18. The van der Waals surface area contributed by atoms with Crippen molar-refractivity contribution in [1.29, 1.82) is 0 Å². The lowest BCUT2D eigenvalue weighted by atomic mass is 9.85. The van der Waals surface area contributed by atoms with Crippen LogP contribution in [0.25, 0.3) is 0 Å². The molecule has 0 saturated carbocycles. The molecule has 1 saturated heterocycles. The van der Waals surface area contributed by atoms with Gasteiger partial charge in [-0.05, 0) is 12.5 Å². The maximum atomic E-state index is 11.5. The lowest BCUT2D eigenvalue weighted by Gasteiger charge is -2.36. The third kappa shape index (κ3) is 2.02. The lowest BCUT2D eigenvalue weighted by Crippen LogP contribution is -2.56.